The Kier molecular flexibility index (Phi) is 4.06. The lowest BCUT2D eigenvalue weighted by molar-refractivity contribution is 0.0701. The fourth-order valence-electron chi connectivity index (χ4n) is 3.68. The summed E-state index contributed by atoms with van der Waals surface area (Å²) in [5.74, 6) is -4.12. The van der Waals surface area contributed by atoms with Gasteiger partial charge in [0.2, 0.25) is 9.84 Å². The average Bonchev–Trinajstić information content (AvgIpc) is 3.21. The molecular weight excluding hydrogens is 364 g/mol. The third-order valence-corrected chi connectivity index (χ3v) is 6.40. The smallest absolute Gasteiger partial charge is 0.331 e. The molecule has 138 valence electrons. The van der Waals surface area contributed by atoms with Gasteiger partial charge in [-0.25, -0.2) is 8.42 Å². The summed E-state index contributed by atoms with van der Waals surface area (Å²) in [5.41, 5.74) is 2.98. The van der Waals surface area contributed by atoms with E-state index >= 15 is 0 Å². The highest BCUT2D eigenvalue weighted by Gasteiger charge is 2.34. The van der Waals surface area contributed by atoms with Crippen molar-refractivity contribution >= 4 is 15.7 Å². The van der Waals surface area contributed by atoms with E-state index in [1.165, 1.54) is 23.1 Å². The summed E-state index contributed by atoms with van der Waals surface area (Å²) in [6, 6.07) is 5.16. The summed E-state index contributed by atoms with van der Waals surface area (Å²) in [6.07, 6.45) is 2.89. The van der Waals surface area contributed by atoms with Crippen LogP contribution in [-0.4, -0.2) is 41.3 Å². The molecule has 0 spiro atoms. The van der Waals surface area contributed by atoms with Gasteiger partial charge in [0.1, 0.15) is 0 Å². The topological polar surface area (TPSA) is 72.3 Å². The van der Waals surface area contributed by atoms with E-state index in [0.29, 0.717) is 19.6 Å². The number of amides is 1. The molecule has 1 aliphatic heterocycles. The maximum absolute atomic E-state index is 13.0. The van der Waals surface area contributed by atoms with Crippen LogP contribution in [0.25, 0.3) is 0 Å². The number of benzene rings is 1. The minimum atomic E-state index is -4.85. The number of aromatic nitrogens is 2. The summed E-state index contributed by atoms with van der Waals surface area (Å²) in [6.45, 7) is 1.18. The van der Waals surface area contributed by atoms with Gasteiger partial charge >= 0.3 is 5.76 Å². The first-order chi connectivity index (χ1) is 12.4. The minimum absolute atomic E-state index is 0.211. The van der Waals surface area contributed by atoms with E-state index in [-0.39, 0.29) is 5.56 Å². The predicted molar refractivity (Wildman–Crippen MR) is 88.6 cm³/mol. The number of halogens is 2. The molecule has 0 unspecified atom stereocenters. The number of rotatable bonds is 3. The number of sulfone groups is 1. The second-order valence-corrected chi connectivity index (χ2v) is 8.36. The predicted octanol–water partition coefficient (Wildman–Crippen LogP) is 2.02. The minimum Gasteiger partial charge on any atom is -0.331 e. The van der Waals surface area contributed by atoms with Gasteiger partial charge in [-0.2, -0.15) is 13.9 Å². The molecule has 4 rings (SSSR count). The van der Waals surface area contributed by atoms with E-state index in [1.807, 2.05) is 4.68 Å². The lowest BCUT2D eigenvalue weighted by Gasteiger charge is -2.29. The van der Waals surface area contributed by atoms with Crippen LogP contribution in [0.1, 0.15) is 33.7 Å². The highest BCUT2D eigenvalue weighted by atomic mass is 32.2. The van der Waals surface area contributed by atoms with E-state index in [9.17, 15) is 22.0 Å². The lowest BCUT2D eigenvalue weighted by Crippen LogP contribution is -2.39. The molecule has 0 fully saturated rings. The molecule has 0 bridgehead atoms. The molecule has 2 aliphatic rings. The van der Waals surface area contributed by atoms with E-state index in [2.05, 4.69) is 5.10 Å². The molecule has 1 aromatic heterocycles. The number of nitrogens with zero attached hydrogens (tertiary/aromatic N) is 3. The molecule has 2 aromatic rings. The van der Waals surface area contributed by atoms with Gasteiger partial charge in [-0.3, -0.25) is 9.48 Å². The molecule has 26 heavy (non-hydrogen) atoms. The molecule has 0 radical (unpaired) electrons. The van der Waals surface area contributed by atoms with Crippen molar-refractivity contribution in [3.05, 3.63) is 46.8 Å². The number of fused-ring (bicyclic) bond motifs is 3. The van der Waals surface area contributed by atoms with Crippen molar-refractivity contribution < 1.29 is 22.0 Å². The second-order valence-electron chi connectivity index (χ2n) is 6.48. The Bertz CT molecular complexity index is 985. The number of carbonyl (C=O) groups excluding carboxylic acids is 1. The van der Waals surface area contributed by atoms with E-state index in [0.717, 1.165) is 42.3 Å². The first-order valence-corrected chi connectivity index (χ1v) is 9.92. The van der Waals surface area contributed by atoms with E-state index in [4.69, 9.17) is 0 Å². The largest absolute Gasteiger partial charge is 0.341 e. The van der Waals surface area contributed by atoms with Crippen molar-refractivity contribution in [2.75, 3.05) is 6.54 Å². The highest BCUT2D eigenvalue weighted by molar-refractivity contribution is 7.91. The Labute approximate surface area is 149 Å². The highest BCUT2D eigenvalue weighted by Crippen LogP contribution is 2.29. The van der Waals surface area contributed by atoms with Crippen molar-refractivity contribution in [3.63, 3.8) is 0 Å². The third kappa shape index (κ3) is 2.61. The lowest BCUT2D eigenvalue weighted by atomic mass is 10.1. The monoisotopic (exact) mass is 381 g/mol. The zero-order chi connectivity index (χ0) is 18.5. The Morgan fingerprint density at radius 1 is 1.15 bits per heavy atom. The summed E-state index contributed by atoms with van der Waals surface area (Å²) in [5, 5.41) is 4.56. The summed E-state index contributed by atoms with van der Waals surface area (Å²) in [4.78, 5) is 13.8. The van der Waals surface area contributed by atoms with E-state index in [1.54, 1.807) is 0 Å². The Morgan fingerprint density at radius 3 is 2.69 bits per heavy atom. The summed E-state index contributed by atoms with van der Waals surface area (Å²) in [7, 11) is -4.85. The van der Waals surface area contributed by atoms with Crippen molar-refractivity contribution in [1.82, 2.24) is 14.7 Å². The van der Waals surface area contributed by atoms with Crippen LogP contribution in [0.2, 0.25) is 0 Å². The summed E-state index contributed by atoms with van der Waals surface area (Å²) < 4.78 is 51.7. The molecular formula is C17H17F2N3O3S. The van der Waals surface area contributed by atoms with E-state index < -0.39 is 26.4 Å². The van der Waals surface area contributed by atoms with Crippen LogP contribution >= 0.6 is 0 Å². The van der Waals surface area contributed by atoms with Gasteiger partial charge in [-0.05, 0) is 37.0 Å². The first-order valence-electron chi connectivity index (χ1n) is 8.37. The van der Waals surface area contributed by atoms with Gasteiger partial charge in [-0.15, -0.1) is 0 Å². The van der Waals surface area contributed by atoms with Crippen LogP contribution in [0, 0.1) is 0 Å². The van der Waals surface area contributed by atoms with Gasteiger partial charge in [-0.1, -0.05) is 12.1 Å². The molecule has 0 saturated carbocycles. The van der Waals surface area contributed by atoms with Gasteiger partial charge in [0.05, 0.1) is 34.9 Å². The fourth-order valence-corrected chi connectivity index (χ4v) is 4.60. The molecule has 0 atom stereocenters. The standard InChI is InChI=1S/C17H17F2N3O3S/c18-17(19)26(24,25)15-7-2-1-4-12(15)16(23)21-8-9-22-14(10-21)11-5-3-6-13(11)20-22/h1-2,4,7,17H,3,5-6,8-10H2. The molecule has 0 saturated heterocycles. The zero-order valence-corrected chi connectivity index (χ0v) is 14.7. The van der Waals surface area contributed by atoms with Crippen molar-refractivity contribution in [3.8, 4) is 0 Å². The number of hydrogen-bond donors (Lipinski definition) is 0. The SMILES string of the molecule is O=C(c1ccccc1S(=O)(=O)C(F)F)N1CCn2nc3c(c2C1)CCC3. The maximum Gasteiger partial charge on any atom is 0.341 e. The van der Waals surface area contributed by atoms with Crippen LogP contribution < -0.4 is 0 Å². The third-order valence-electron chi connectivity index (χ3n) is 4.96. The number of alkyl halides is 2. The molecule has 0 N–H and O–H groups in total. The van der Waals surface area contributed by atoms with Crippen LogP contribution in [0.4, 0.5) is 8.78 Å². The fraction of sp³-hybridized carbons (Fsp3) is 0.412. The van der Waals surface area contributed by atoms with Crippen LogP contribution in [0.5, 0.6) is 0 Å². The van der Waals surface area contributed by atoms with Crippen molar-refractivity contribution in [2.45, 2.75) is 43.0 Å². The van der Waals surface area contributed by atoms with Crippen LogP contribution in [0.15, 0.2) is 29.2 Å². The molecule has 2 heterocycles. The number of hydrogen-bond acceptors (Lipinski definition) is 4. The first kappa shape index (κ1) is 17.1. The van der Waals surface area contributed by atoms with Crippen LogP contribution in [0.3, 0.4) is 0 Å². The molecule has 1 aromatic carbocycles. The average molecular weight is 381 g/mol. The van der Waals surface area contributed by atoms with Gasteiger partial charge in [0.25, 0.3) is 5.91 Å². The Morgan fingerprint density at radius 2 is 1.92 bits per heavy atom. The van der Waals surface area contributed by atoms with Crippen LogP contribution in [-0.2, 0) is 35.8 Å². The Balaban J connectivity index is 1.68. The number of aryl methyl sites for hydroxylation is 1. The van der Waals surface area contributed by atoms with Gasteiger partial charge < -0.3 is 4.90 Å². The molecule has 6 nitrogen and oxygen atoms in total. The molecule has 1 amide bonds. The normalized spacial score (nSPS) is 16.7. The Hall–Kier alpha value is -2.29. The quantitative estimate of drug-likeness (QED) is 0.816. The number of carbonyl (C=O) groups is 1. The zero-order valence-electron chi connectivity index (χ0n) is 13.9. The molecule has 9 heteroatoms. The van der Waals surface area contributed by atoms with Gasteiger partial charge in [0.15, 0.2) is 0 Å². The molecule has 1 aliphatic carbocycles. The van der Waals surface area contributed by atoms with Crippen molar-refractivity contribution in [1.29, 1.82) is 0 Å². The summed E-state index contributed by atoms with van der Waals surface area (Å²) >= 11 is 0. The maximum atomic E-state index is 13.0. The van der Waals surface area contributed by atoms with Crippen molar-refractivity contribution in [2.24, 2.45) is 0 Å². The van der Waals surface area contributed by atoms with Gasteiger partial charge in [0, 0.05) is 6.54 Å². The second kappa shape index (κ2) is 6.15.